The Hall–Kier alpha value is -1.82. The lowest BCUT2D eigenvalue weighted by atomic mass is 9.79. The van der Waals surface area contributed by atoms with Crippen molar-refractivity contribution in [2.24, 2.45) is 0 Å². The number of methoxy groups -OCH3 is 1. The van der Waals surface area contributed by atoms with Gasteiger partial charge < -0.3 is 9.26 Å². The molecule has 0 spiro atoms. The summed E-state index contributed by atoms with van der Waals surface area (Å²) >= 11 is 0. The van der Waals surface area contributed by atoms with Crippen molar-refractivity contribution >= 4 is 0 Å². The van der Waals surface area contributed by atoms with E-state index in [9.17, 15) is 8.78 Å². The maximum absolute atomic E-state index is 13.2. The molecule has 3 rings (SSSR count). The van der Waals surface area contributed by atoms with Crippen LogP contribution in [0.2, 0.25) is 0 Å². The normalized spacial score (nSPS) is 17.2. The molecular formula is C13H12F2N2O2. The zero-order valence-corrected chi connectivity index (χ0v) is 10.3. The summed E-state index contributed by atoms with van der Waals surface area (Å²) in [6.07, 6.45) is 2.71. The number of aromatic nitrogens is 2. The molecule has 1 aromatic heterocycles. The fourth-order valence-electron chi connectivity index (χ4n) is 2.17. The topological polar surface area (TPSA) is 48.2 Å². The van der Waals surface area contributed by atoms with Gasteiger partial charge in [-0.1, -0.05) is 5.16 Å². The first-order chi connectivity index (χ1) is 9.14. The summed E-state index contributed by atoms with van der Waals surface area (Å²) in [5.74, 6) is -1.23. The SMILES string of the molecule is COC1(c2noc(-c3ccc(F)c(F)c3)n2)CCC1. The highest BCUT2D eigenvalue weighted by atomic mass is 19.2. The molecule has 1 aromatic carbocycles. The summed E-state index contributed by atoms with van der Waals surface area (Å²) in [5.41, 5.74) is -0.136. The third-order valence-electron chi connectivity index (χ3n) is 3.55. The largest absolute Gasteiger partial charge is 0.370 e. The van der Waals surface area contributed by atoms with Gasteiger partial charge in [0.15, 0.2) is 11.6 Å². The number of hydrogen-bond acceptors (Lipinski definition) is 4. The molecule has 0 bridgehead atoms. The van der Waals surface area contributed by atoms with Crippen LogP contribution in [0.15, 0.2) is 22.7 Å². The van der Waals surface area contributed by atoms with E-state index in [0.29, 0.717) is 11.4 Å². The van der Waals surface area contributed by atoms with Gasteiger partial charge in [-0.25, -0.2) is 8.78 Å². The van der Waals surface area contributed by atoms with Crippen LogP contribution in [0.5, 0.6) is 0 Å². The number of rotatable bonds is 3. The van der Waals surface area contributed by atoms with Crippen LogP contribution in [-0.2, 0) is 10.3 Å². The molecule has 1 fully saturated rings. The zero-order chi connectivity index (χ0) is 13.5. The van der Waals surface area contributed by atoms with Gasteiger partial charge in [-0.15, -0.1) is 0 Å². The lowest BCUT2D eigenvalue weighted by Gasteiger charge is -2.37. The molecule has 0 atom stereocenters. The van der Waals surface area contributed by atoms with Crippen LogP contribution in [0.4, 0.5) is 8.78 Å². The van der Waals surface area contributed by atoms with E-state index in [1.807, 2.05) is 0 Å². The average Bonchev–Trinajstić information content (AvgIpc) is 2.82. The average molecular weight is 266 g/mol. The Bertz CT molecular complexity index is 603. The Balaban J connectivity index is 1.94. The summed E-state index contributed by atoms with van der Waals surface area (Å²) < 4.78 is 36.6. The summed E-state index contributed by atoms with van der Waals surface area (Å²) in [4.78, 5) is 4.22. The van der Waals surface area contributed by atoms with Gasteiger partial charge in [-0.3, -0.25) is 0 Å². The molecule has 2 aromatic rings. The molecule has 0 saturated heterocycles. The molecule has 1 heterocycles. The van der Waals surface area contributed by atoms with E-state index in [4.69, 9.17) is 9.26 Å². The van der Waals surface area contributed by atoms with Crippen molar-refractivity contribution in [3.8, 4) is 11.5 Å². The molecule has 6 heteroatoms. The number of hydrogen-bond donors (Lipinski definition) is 0. The Morgan fingerprint density at radius 1 is 1.26 bits per heavy atom. The Labute approximate surface area is 108 Å². The van der Waals surface area contributed by atoms with E-state index in [1.165, 1.54) is 6.07 Å². The van der Waals surface area contributed by atoms with Crippen LogP contribution in [0.3, 0.4) is 0 Å². The quantitative estimate of drug-likeness (QED) is 0.856. The highest BCUT2D eigenvalue weighted by molar-refractivity contribution is 5.52. The van der Waals surface area contributed by atoms with E-state index in [2.05, 4.69) is 10.1 Å². The first-order valence-corrected chi connectivity index (χ1v) is 5.99. The van der Waals surface area contributed by atoms with Gasteiger partial charge in [0.1, 0.15) is 5.60 Å². The molecule has 4 nitrogen and oxygen atoms in total. The summed E-state index contributed by atoms with van der Waals surface area (Å²) in [6, 6.07) is 3.47. The minimum atomic E-state index is -0.942. The van der Waals surface area contributed by atoms with Crippen LogP contribution in [0.1, 0.15) is 25.1 Å². The van der Waals surface area contributed by atoms with Crippen molar-refractivity contribution in [2.75, 3.05) is 7.11 Å². The van der Waals surface area contributed by atoms with Crippen LogP contribution >= 0.6 is 0 Å². The first kappa shape index (κ1) is 12.2. The maximum Gasteiger partial charge on any atom is 0.258 e. The van der Waals surface area contributed by atoms with E-state index in [-0.39, 0.29) is 5.89 Å². The lowest BCUT2D eigenvalue weighted by molar-refractivity contribution is -0.0858. The monoisotopic (exact) mass is 266 g/mol. The van der Waals surface area contributed by atoms with E-state index < -0.39 is 17.2 Å². The minimum Gasteiger partial charge on any atom is -0.370 e. The van der Waals surface area contributed by atoms with Crippen molar-refractivity contribution in [3.63, 3.8) is 0 Å². The molecular weight excluding hydrogens is 254 g/mol. The second-order valence-electron chi connectivity index (χ2n) is 4.60. The zero-order valence-electron chi connectivity index (χ0n) is 10.3. The number of ether oxygens (including phenoxy) is 1. The van der Waals surface area contributed by atoms with Gasteiger partial charge >= 0.3 is 0 Å². The third kappa shape index (κ3) is 1.92. The number of benzene rings is 1. The molecule has 0 unspecified atom stereocenters. The van der Waals surface area contributed by atoms with Gasteiger partial charge in [0.25, 0.3) is 5.89 Å². The van der Waals surface area contributed by atoms with Crippen molar-refractivity contribution in [3.05, 3.63) is 35.7 Å². The molecule has 0 amide bonds. The molecule has 19 heavy (non-hydrogen) atoms. The highest BCUT2D eigenvalue weighted by Gasteiger charge is 2.43. The van der Waals surface area contributed by atoms with E-state index in [0.717, 1.165) is 31.4 Å². The summed E-state index contributed by atoms with van der Waals surface area (Å²) in [7, 11) is 1.60. The van der Waals surface area contributed by atoms with Crippen LogP contribution < -0.4 is 0 Å². The molecule has 0 aliphatic heterocycles. The minimum absolute atomic E-state index is 0.164. The van der Waals surface area contributed by atoms with Crippen LogP contribution in [0.25, 0.3) is 11.5 Å². The fraction of sp³-hybridized carbons (Fsp3) is 0.385. The van der Waals surface area contributed by atoms with Crippen molar-refractivity contribution in [1.82, 2.24) is 10.1 Å². The standard InChI is InChI=1S/C13H12F2N2O2/c1-18-13(5-2-6-13)12-16-11(19-17-12)8-3-4-9(14)10(15)7-8/h3-4,7H,2,5-6H2,1H3. The van der Waals surface area contributed by atoms with Gasteiger partial charge in [0, 0.05) is 12.7 Å². The Morgan fingerprint density at radius 2 is 2.05 bits per heavy atom. The molecule has 1 aliphatic rings. The van der Waals surface area contributed by atoms with Gasteiger partial charge in [0.2, 0.25) is 5.82 Å². The maximum atomic E-state index is 13.2. The smallest absolute Gasteiger partial charge is 0.258 e. The predicted octanol–water partition coefficient (Wildman–Crippen LogP) is 3.04. The van der Waals surface area contributed by atoms with Crippen molar-refractivity contribution in [1.29, 1.82) is 0 Å². The number of nitrogens with zero attached hydrogens (tertiary/aromatic N) is 2. The number of halogens is 2. The molecule has 0 radical (unpaired) electrons. The van der Waals surface area contributed by atoms with Crippen LogP contribution in [-0.4, -0.2) is 17.3 Å². The molecule has 100 valence electrons. The predicted molar refractivity (Wildman–Crippen MR) is 62.2 cm³/mol. The van der Waals surface area contributed by atoms with E-state index in [1.54, 1.807) is 7.11 Å². The van der Waals surface area contributed by atoms with Crippen molar-refractivity contribution in [2.45, 2.75) is 24.9 Å². The Morgan fingerprint density at radius 3 is 2.63 bits per heavy atom. The van der Waals surface area contributed by atoms with Gasteiger partial charge in [-0.05, 0) is 37.5 Å². The van der Waals surface area contributed by atoms with Crippen LogP contribution in [0, 0.1) is 11.6 Å². The second kappa shape index (κ2) is 4.38. The molecule has 1 aliphatic carbocycles. The molecule has 0 N–H and O–H groups in total. The Kier molecular flexibility index (Phi) is 2.82. The first-order valence-electron chi connectivity index (χ1n) is 5.99. The van der Waals surface area contributed by atoms with Gasteiger partial charge in [-0.2, -0.15) is 4.98 Å². The highest BCUT2D eigenvalue weighted by Crippen LogP contribution is 2.43. The summed E-state index contributed by atoms with van der Waals surface area (Å²) in [5, 5.41) is 3.88. The molecule has 1 saturated carbocycles. The lowest BCUT2D eigenvalue weighted by Crippen LogP contribution is -2.37. The second-order valence-corrected chi connectivity index (χ2v) is 4.60. The fourth-order valence-corrected chi connectivity index (χ4v) is 2.17. The third-order valence-corrected chi connectivity index (χ3v) is 3.55. The van der Waals surface area contributed by atoms with Gasteiger partial charge in [0.05, 0.1) is 0 Å². The van der Waals surface area contributed by atoms with Crippen molar-refractivity contribution < 1.29 is 18.0 Å². The summed E-state index contributed by atoms with van der Waals surface area (Å²) in [6.45, 7) is 0. The van der Waals surface area contributed by atoms with E-state index >= 15 is 0 Å².